The fraction of sp³-hybridized carbons (Fsp3) is 0.348. The lowest BCUT2D eigenvalue weighted by Crippen LogP contribution is -2.21. The van der Waals surface area contributed by atoms with E-state index in [-0.39, 0.29) is 19.2 Å². The van der Waals surface area contributed by atoms with Crippen molar-refractivity contribution in [1.29, 1.82) is 0 Å². The van der Waals surface area contributed by atoms with Crippen molar-refractivity contribution in [2.45, 2.75) is 26.0 Å². The van der Waals surface area contributed by atoms with Crippen molar-refractivity contribution >= 4 is 17.3 Å². The Bertz CT molecular complexity index is 1070. The number of rotatable bonds is 8. The van der Waals surface area contributed by atoms with E-state index in [4.69, 9.17) is 19.3 Å². The minimum absolute atomic E-state index is 0.0544. The van der Waals surface area contributed by atoms with Gasteiger partial charge in [0.25, 0.3) is 0 Å². The van der Waals surface area contributed by atoms with Crippen molar-refractivity contribution in [3.63, 3.8) is 0 Å². The Kier molecular flexibility index (Phi) is 6.31. The van der Waals surface area contributed by atoms with Gasteiger partial charge in [-0.15, -0.1) is 11.3 Å². The number of aromatic nitrogens is 1. The second-order valence-corrected chi connectivity index (χ2v) is 8.15. The van der Waals surface area contributed by atoms with Gasteiger partial charge in [-0.3, -0.25) is 0 Å². The number of aryl methyl sites for hydroxylation is 1. The van der Waals surface area contributed by atoms with Crippen molar-refractivity contribution in [3.05, 3.63) is 46.8 Å². The van der Waals surface area contributed by atoms with E-state index in [0.29, 0.717) is 23.7 Å². The number of aliphatic hydroxyl groups excluding tert-OH is 2. The normalized spacial score (nSPS) is 13.3. The third kappa shape index (κ3) is 4.06. The summed E-state index contributed by atoms with van der Waals surface area (Å²) in [6.45, 7) is 2.39. The number of hydrogen-bond donors (Lipinski definition) is 2. The van der Waals surface area contributed by atoms with Gasteiger partial charge in [-0.25, -0.2) is 4.79 Å². The second kappa shape index (κ2) is 9.13. The van der Waals surface area contributed by atoms with E-state index in [1.54, 1.807) is 25.4 Å². The van der Waals surface area contributed by atoms with Gasteiger partial charge in [-0.2, -0.15) is 0 Å². The molecule has 1 aliphatic heterocycles. The molecule has 0 radical (unpaired) electrons. The predicted molar refractivity (Wildman–Crippen MR) is 118 cm³/mol. The summed E-state index contributed by atoms with van der Waals surface area (Å²) in [5, 5.41) is 20.7. The summed E-state index contributed by atoms with van der Waals surface area (Å²) in [6, 6.07) is 9.65. The lowest BCUT2D eigenvalue weighted by Gasteiger charge is -2.23. The molecule has 1 aliphatic rings. The number of hydrogen-bond acceptors (Lipinski definition) is 7. The molecule has 31 heavy (non-hydrogen) atoms. The number of benzene rings is 1. The summed E-state index contributed by atoms with van der Waals surface area (Å²) < 4.78 is 18.7. The van der Waals surface area contributed by atoms with E-state index in [2.05, 4.69) is 4.57 Å². The maximum atomic E-state index is 12.7. The molecule has 4 rings (SSSR count). The van der Waals surface area contributed by atoms with Gasteiger partial charge < -0.3 is 29.0 Å². The van der Waals surface area contributed by atoms with Crippen LogP contribution in [0.5, 0.6) is 11.5 Å². The molecule has 8 heteroatoms. The van der Waals surface area contributed by atoms with E-state index >= 15 is 0 Å². The predicted octanol–water partition coefficient (Wildman–Crippen LogP) is 3.36. The minimum atomic E-state index is -0.981. The molecule has 1 atom stereocenters. The lowest BCUT2D eigenvalue weighted by molar-refractivity contribution is 0.0526. The molecule has 2 aromatic heterocycles. The largest absolute Gasteiger partial charge is 0.493 e. The van der Waals surface area contributed by atoms with E-state index in [0.717, 1.165) is 40.4 Å². The fourth-order valence-electron chi connectivity index (χ4n) is 3.84. The fourth-order valence-corrected chi connectivity index (χ4v) is 4.63. The van der Waals surface area contributed by atoms with Crippen LogP contribution >= 0.6 is 11.3 Å². The molecule has 0 aliphatic carbocycles. The molecule has 1 unspecified atom stereocenters. The van der Waals surface area contributed by atoms with Crippen molar-refractivity contribution < 1.29 is 29.2 Å². The number of methoxy groups -OCH3 is 1. The Hall–Kier alpha value is -2.81. The molecule has 0 amide bonds. The SMILES string of the molecule is CCOC(=O)c1cc2n(c1-c1cccs1)CCc1cc(OC)c(OCC(O)CO)cc1-2. The van der Waals surface area contributed by atoms with E-state index in [1.165, 1.54) is 0 Å². The van der Waals surface area contributed by atoms with Crippen LogP contribution in [0.3, 0.4) is 0 Å². The van der Waals surface area contributed by atoms with Crippen molar-refractivity contribution in [2.24, 2.45) is 0 Å². The molecule has 0 saturated heterocycles. The number of fused-ring (bicyclic) bond motifs is 3. The van der Waals surface area contributed by atoms with Gasteiger partial charge in [0.15, 0.2) is 11.5 Å². The number of thiophene rings is 1. The Balaban J connectivity index is 1.83. The molecule has 0 spiro atoms. The zero-order valence-electron chi connectivity index (χ0n) is 17.5. The van der Waals surface area contributed by atoms with E-state index in [1.807, 2.05) is 35.7 Å². The highest BCUT2D eigenvalue weighted by Crippen LogP contribution is 2.43. The summed E-state index contributed by atoms with van der Waals surface area (Å²) in [4.78, 5) is 13.7. The standard InChI is InChI=1S/C23H25NO6S/c1-3-29-23(27)17-10-18-16-11-20(30-13-15(26)12-25)19(28-2)9-14(16)6-7-24(18)22(17)21-5-4-8-31-21/h4-5,8-11,15,25-26H,3,6-7,12-13H2,1-2H3. The average molecular weight is 444 g/mol. The molecular weight excluding hydrogens is 418 g/mol. The number of nitrogens with zero attached hydrogens (tertiary/aromatic N) is 1. The van der Waals surface area contributed by atoms with E-state index < -0.39 is 6.10 Å². The third-order valence-electron chi connectivity index (χ3n) is 5.26. The highest BCUT2D eigenvalue weighted by atomic mass is 32.1. The van der Waals surface area contributed by atoms with Gasteiger partial charge >= 0.3 is 5.97 Å². The van der Waals surface area contributed by atoms with Gasteiger partial charge in [0.1, 0.15) is 12.7 Å². The first kappa shape index (κ1) is 21.4. The molecule has 0 saturated carbocycles. The number of carbonyl (C=O) groups excluding carboxylic acids is 1. The van der Waals surface area contributed by atoms with Crippen LogP contribution in [0.25, 0.3) is 21.8 Å². The van der Waals surface area contributed by atoms with Crippen LogP contribution in [-0.2, 0) is 17.7 Å². The van der Waals surface area contributed by atoms with Gasteiger partial charge in [-0.05, 0) is 48.6 Å². The smallest absolute Gasteiger partial charge is 0.340 e. The van der Waals surface area contributed by atoms with Crippen LogP contribution in [0.15, 0.2) is 35.7 Å². The Morgan fingerprint density at radius 3 is 2.81 bits per heavy atom. The topological polar surface area (TPSA) is 90.2 Å². The van der Waals surface area contributed by atoms with Crippen LogP contribution in [-0.4, -0.2) is 53.8 Å². The van der Waals surface area contributed by atoms with Gasteiger partial charge in [0.05, 0.1) is 36.5 Å². The van der Waals surface area contributed by atoms with Crippen molar-refractivity contribution in [3.8, 4) is 33.3 Å². The molecule has 1 aromatic carbocycles. The maximum absolute atomic E-state index is 12.7. The average Bonchev–Trinajstić information content (AvgIpc) is 3.44. The highest BCUT2D eigenvalue weighted by molar-refractivity contribution is 7.13. The first-order chi connectivity index (χ1) is 15.1. The minimum Gasteiger partial charge on any atom is -0.493 e. The molecular formula is C23H25NO6S. The number of aliphatic hydroxyl groups is 2. The summed E-state index contributed by atoms with van der Waals surface area (Å²) in [7, 11) is 1.57. The molecule has 3 heterocycles. The summed E-state index contributed by atoms with van der Waals surface area (Å²) >= 11 is 1.58. The molecule has 0 fully saturated rings. The third-order valence-corrected chi connectivity index (χ3v) is 6.14. The van der Waals surface area contributed by atoms with Crippen LogP contribution in [0, 0.1) is 0 Å². The number of ether oxygens (including phenoxy) is 3. The summed E-state index contributed by atoms with van der Waals surface area (Å²) in [5.74, 6) is 0.692. The quantitative estimate of drug-likeness (QED) is 0.519. The maximum Gasteiger partial charge on any atom is 0.340 e. The van der Waals surface area contributed by atoms with Crippen LogP contribution in [0.4, 0.5) is 0 Å². The molecule has 3 aromatic rings. The lowest BCUT2D eigenvalue weighted by atomic mass is 9.97. The van der Waals surface area contributed by atoms with Gasteiger partial charge in [0.2, 0.25) is 0 Å². The second-order valence-electron chi connectivity index (χ2n) is 7.20. The number of esters is 1. The first-order valence-corrected chi connectivity index (χ1v) is 11.0. The monoisotopic (exact) mass is 443 g/mol. The van der Waals surface area contributed by atoms with Crippen LogP contribution < -0.4 is 9.47 Å². The Labute approximate surface area is 184 Å². The zero-order valence-corrected chi connectivity index (χ0v) is 18.3. The van der Waals surface area contributed by atoms with Crippen LogP contribution in [0.2, 0.25) is 0 Å². The van der Waals surface area contributed by atoms with Crippen molar-refractivity contribution in [2.75, 3.05) is 26.9 Å². The Morgan fingerprint density at radius 1 is 1.29 bits per heavy atom. The molecule has 164 valence electrons. The number of carbonyl (C=O) groups is 1. The highest BCUT2D eigenvalue weighted by Gasteiger charge is 2.28. The van der Waals surface area contributed by atoms with Gasteiger partial charge in [-0.1, -0.05) is 6.07 Å². The molecule has 2 N–H and O–H groups in total. The Morgan fingerprint density at radius 2 is 2.13 bits per heavy atom. The summed E-state index contributed by atoms with van der Waals surface area (Å²) in [5.41, 5.74) is 4.34. The van der Waals surface area contributed by atoms with Crippen LogP contribution in [0.1, 0.15) is 22.8 Å². The first-order valence-electron chi connectivity index (χ1n) is 10.1. The van der Waals surface area contributed by atoms with Crippen molar-refractivity contribution in [1.82, 2.24) is 4.57 Å². The van der Waals surface area contributed by atoms with Gasteiger partial charge in [0, 0.05) is 17.8 Å². The molecule has 7 nitrogen and oxygen atoms in total. The summed E-state index contributed by atoms with van der Waals surface area (Å²) in [6.07, 6.45) is -0.210. The van der Waals surface area contributed by atoms with E-state index in [9.17, 15) is 9.90 Å². The molecule has 0 bridgehead atoms. The zero-order chi connectivity index (χ0) is 22.0.